The van der Waals surface area contributed by atoms with Gasteiger partial charge in [-0.25, -0.2) is 4.68 Å². The van der Waals surface area contributed by atoms with E-state index in [0.717, 1.165) is 10.5 Å². The summed E-state index contributed by atoms with van der Waals surface area (Å²) in [5.74, 6) is 0.964. The summed E-state index contributed by atoms with van der Waals surface area (Å²) in [7, 11) is 0. The zero-order valence-electron chi connectivity index (χ0n) is 13.8. The van der Waals surface area contributed by atoms with Gasteiger partial charge >= 0.3 is 0 Å². The summed E-state index contributed by atoms with van der Waals surface area (Å²) >= 11 is 7.34. The predicted octanol–water partition coefficient (Wildman–Crippen LogP) is 4.62. The third kappa shape index (κ3) is 5.11. The number of aromatic nitrogens is 2. The zero-order valence-corrected chi connectivity index (χ0v) is 15.3. The van der Waals surface area contributed by atoms with Crippen LogP contribution in [0.4, 0.5) is 5.82 Å². The molecule has 0 unspecified atom stereocenters. The molecule has 3 aromatic rings. The number of nitrogens with one attached hydrogen (secondary N) is 1. The summed E-state index contributed by atoms with van der Waals surface area (Å²) in [6.07, 6.45) is 1.69. The van der Waals surface area contributed by atoms with E-state index < -0.39 is 0 Å². The van der Waals surface area contributed by atoms with Crippen molar-refractivity contribution < 1.29 is 4.79 Å². The molecule has 0 aliphatic carbocycles. The Balaban J connectivity index is 1.58. The summed E-state index contributed by atoms with van der Waals surface area (Å²) < 4.78 is 1.79. The molecule has 4 nitrogen and oxygen atoms in total. The lowest BCUT2D eigenvalue weighted by molar-refractivity contribution is -0.113. The van der Waals surface area contributed by atoms with Crippen molar-refractivity contribution in [3.63, 3.8) is 0 Å². The summed E-state index contributed by atoms with van der Waals surface area (Å²) in [6, 6.07) is 17.5. The van der Waals surface area contributed by atoms with E-state index in [-0.39, 0.29) is 5.91 Å². The SMILES string of the molecule is Cc1cccc(Cn2nccc2NC(=O)CSc2ccc(Cl)cc2)c1. The van der Waals surface area contributed by atoms with Crippen molar-refractivity contribution >= 4 is 35.1 Å². The number of benzene rings is 2. The highest BCUT2D eigenvalue weighted by atomic mass is 35.5. The molecule has 0 aliphatic rings. The fourth-order valence-electron chi connectivity index (χ4n) is 2.41. The van der Waals surface area contributed by atoms with Crippen molar-refractivity contribution in [3.8, 4) is 0 Å². The van der Waals surface area contributed by atoms with Crippen LogP contribution in [0.3, 0.4) is 0 Å². The number of hydrogen-bond donors (Lipinski definition) is 1. The fourth-order valence-corrected chi connectivity index (χ4v) is 3.23. The van der Waals surface area contributed by atoms with Crippen LogP contribution in [0, 0.1) is 6.92 Å². The average molecular weight is 372 g/mol. The maximum absolute atomic E-state index is 12.2. The molecule has 6 heteroatoms. The lowest BCUT2D eigenvalue weighted by atomic mass is 10.1. The molecule has 0 aliphatic heterocycles. The summed E-state index contributed by atoms with van der Waals surface area (Å²) in [5, 5.41) is 7.91. The Labute approximate surface area is 156 Å². The van der Waals surface area contributed by atoms with Gasteiger partial charge in [0, 0.05) is 16.0 Å². The van der Waals surface area contributed by atoms with Gasteiger partial charge in [-0.3, -0.25) is 4.79 Å². The monoisotopic (exact) mass is 371 g/mol. The molecule has 1 amide bonds. The van der Waals surface area contributed by atoms with Crippen LogP contribution in [0.25, 0.3) is 0 Å². The van der Waals surface area contributed by atoms with Gasteiger partial charge < -0.3 is 5.32 Å². The first-order valence-electron chi connectivity index (χ1n) is 7.86. The van der Waals surface area contributed by atoms with E-state index in [2.05, 4.69) is 35.5 Å². The van der Waals surface area contributed by atoms with Crippen LogP contribution < -0.4 is 5.32 Å². The second-order valence-electron chi connectivity index (χ2n) is 5.65. The van der Waals surface area contributed by atoms with Gasteiger partial charge in [0.15, 0.2) is 0 Å². The fraction of sp³-hybridized carbons (Fsp3) is 0.158. The van der Waals surface area contributed by atoms with Crippen LogP contribution >= 0.6 is 23.4 Å². The van der Waals surface area contributed by atoms with E-state index in [4.69, 9.17) is 11.6 Å². The quantitative estimate of drug-likeness (QED) is 0.643. The molecule has 0 spiro atoms. The third-order valence-corrected chi connectivity index (χ3v) is 4.85. The molecule has 0 saturated carbocycles. The number of hydrogen-bond acceptors (Lipinski definition) is 3. The molecule has 0 bridgehead atoms. The molecule has 0 fully saturated rings. The number of aryl methyl sites for hydroxylation is 1. The Morgan fingerprint density at radius 1 is 1.20 bits per heavy atom. The molecule has 0 saturated heterocycles. The molecule has 2 aromatic carbocycles. The highest BCUT2D eigenvalue weighted by Gasteiger charge is 2.09. The Morgan fingerprint density at radius 2 is 2.00 bits per heavy atom. The molecule has 128 valence electrons. The van der Waals surface area contributed by atoms with Crippen molar-refractivity contribution in [3.05, 3.63) is 76.9 Å². The van der Waals surface area contributed by atoms with E-state index in [1.807, 2.05) is 30.3 Å². The topological polar surface area (TPSA) is 46.9 Å². The van der Waals surface area contributed by atoms with Crippen molar-refractivity contribution in [1.82, 2.24) is 9.78 Å². The largest absolute Gasteiger partial charge is 0.310 e. The van der Waals surface area contributed by atoms with Gasteiger partial charge in [0.1, 0.15) is 5.82 Å². The lowest BCUT2D eigenvalue weighted by Gasteiger charge is -2.09. The highest BCUT2D eigenvalue weighted by Crippen LogP contribution is 2.20. The van der Waals surface area contributed by atoms with Crippen molar-refractivity contribution in [2.75, 3.05) is 11.1 Å². The van der Waals surface area contributed by atoms with E-state index in [1.54, 1.807) is 16.9 Å². The van der Waals surface area contributed by atoms with E-state index in [1.165, 1.54) is 17.3 Å². The maximum atomic E-state index is 12.2. The van der Waals surface area contributed by atoms with Gasteiger partial charge in [0.05, 0.1) is 18.5 Å². The van der Waals surface area contributed by atoms with Crippen molar-refractivity contribution in [2.45, 2.75) is 18.4 Å². The number of carbonyl (C=O) groups is 1. The smallest absolute Gasteiger partial charge is 0.235 e. The number of carbonyl (C=O) groups excluding carboxylic acids is 1. The lowest BCUT2D eigenvalue weighted by Crippen LogP contribution is -2.17. The Hall–Kier alpha value is -2.24. The maximum Gasteiger partial charge on any atom is 0.235 e. The van der Waals surface area contributed by atoms with Gasteiger partial charge in [-0.2, -0.15) is 5.10 Å². The Morgan fingerprint density at radius 3 is 2.76 bits per heavy atom. The molecule has 0 radical (unpaired) electrons. The highest BCUT2D eigenvalue weighted by molar-refractivity contribution is 8.00. The van der Waals surface area contributed by atoms with E-state index >= 15 is 0 Å². The number of halogens is 1. The minimum Gasteiger partial charge on any atom is -0.310 e. The van der Waals surface area contributed by atoms with Crippen LogP contribution in [0.15, 0.2) is 65.7 Å². The molecule has 1 aromatic heterocycles. The average Bonchev–Trinajstić information content (AvgIpc) is 3.01. The van der Waals surface area contributed by atoms with Gasteiger partial charge in [-0.1, -0.05) is 41.4 Å². The minimum absolute atomic E-state index is 0.0639. The van der Waals surface area contributed by atoms with Crippen LogP contribution in [0.1, 0.15) is 11.1 Å². The summed E-state index contributed by atoms with van der Waals surface area (Å²) in [6.45, 7) is 2.68. The molecule has 25 heavy (non-hydrogen) atoms. The summed E-state index contributed by atoms with van der Waals surface area (Å²) in [4.78, 5) is 13.2. The second-order valence-corrected chi connectivity index (χ2v) is 7.14. The van der Waals surface area contributed by atoms with Crippen LogP contribution in [0.2, 0.25) is 5.02 Å². The molecule has 0 atom stereocenters. The Bertz CT molecular complexity index is 861. The molecular weight excluding hydrogens is 354 g/mol. The first kappa shape index (κ1) is 17.6. The normalized spacial score (nSPS) is 10.6. The molecule has 3 rings (SSSR count). The van der Waals surface area contributed by atoms with Crippen molar-refractivity contribution in [2.24, 2.45) is 0 Å². The predicted molar refractivity (Wildman–Crippen MR) is 103 cm³/mol. The molecule has 1 N–H and O–H groups in total. The van der Waals surface area contributed by atoms with Gasteiger partial charge in [-0.15, -0.1) is 11.8 Å². The van der Waals surface area contributed by atoms with Gasteiger partial charge in [0.2, 0.25) is 5.91 Å². The number of rotatable bonds is 6. The first-order chi connectivity index (χ1) is 12.1. The third-order valence-electron chi connectivity index (χ3n) is 3.58. The Kier molecular flexibility index (Phi) is 5.79. The van der Waals surface area contributed by atoms with Gasteiger partial charge in [0.25, 0.3) is 0 Å². The van der Waals surface area contributed by atoms with E-state index in [0.29, 0.717) is 23.1 Å². The number of anilines is 1. The number of nitrogens with zero attached hydrogens (tertiary/aromatic N) is 2. The van der Waals surface area contributed by atoms with E-state index in [9.17, 15) is 4.79 Å². The summed E-state index contributed by atoms with van der Waals surface area (Å²) in [5.41, 5.74) is 2.35. The standard InChI is InChI=1S/C19H18ClN3OS/c1-14-3-2-4-15(11-14)12-23-18(9-10-21-23)22-19(24)13-25-17-7-5-16(20)6-8-17/h2-11H,12-13H2,1H3,(H,22,24). The van der Waals surface area contributed by atoms with Crippen LogP contribution in [0.5, 0.6) is 0 Å². The minimum atomic E-state index is -0.0639. The zero-order chi connectivity index (χ0) is 17.6. The molecule has 1 heterocycles. The second kappa shape index (κ2) is 8.23. The van der Waals surface area contributed by atoms with Gasteiger partial charge in [-0.05, 0) is 36.8 Å². The van der Waals surface area contributed by atoms with Crippen molar-refractivity contribution in [1.29, 1.82) is 0 Å². The number of thioether (sulfide) groups is 1. The van der Waals surface area contributed by atoms with Crippen LogP contribution in [-0.4, -0.2) is 21.4 Å². The molecular formula is C19H18ClN3OS. The number of amides is 1. The van der Waals surface area contributed by atoms with Crippen LogP contribution in [-0.2, 0) is 11.3 Å². The first-order valence-corrected chi connectivity index (χ1v) is 9.22.